The molecule has 0 spiro atoms. The molecule has 3 rings (SSSR count). The van der Waals surface area contributed by atoms with Gasteiger partial charge in [0.25, 0.3) is 11.7 Å². The molecule has 0 fully saturated rings. The van der Waals surface area contributed by atoms with E-state index in [0.29, 0.717) is 17.4 Å². The lowest BCUT2D eigenvalue weighted by molar-refractivity contribution is -0.128. The van der Waals surface area contributed by atoms with Crippen LogP contribution < -0.4 is 0 Å². The first-order valence-corrected chi connectivity index (χ1v) is 8.13. The van der Waals surface area contributed by atoms with Gasteiger partial charge >= 0.3 is 0 Å². The molecule has 0 aliphatic rings. The van der Waals surface area contributed by atoms with E-state index in [1.807, 2.05) is 44.2 Å². The molecular weight excluding hydrogens is 319 g/mol. The highest BCUT2D eigenvalue weighted by Gasteiger charge is 2.27. The second kappa shape index (κ2) is 6.89. The molecular formula is C20H19FN2O2. The number of nitrogens with zero attached hydrogens (tertiary/aromatic N) is 1. The largest absolute Gasteiger partial charge is 0.360 e. The number of rotatable bonds is 5. The Morgan fingerprint density at radius 1 is 1.12 bits per heavy atom. The lowest BCUT2D eigenvalue weighted by Crippen LogP contribution is -2.40. The summed E-state index contributed by atoms with van der Waals surface area (Å²) in [5, 5.41) is 0.545. The third-order valence-corrected chi connectivity index (χ3v) is 4.16. The zero-order chi connectivity index (χ0) is 18.0. The van der Waals surface area contributed by atoms with Crippen molar-refractivity contribution in [2.45, 2.75) is 26.4 Å². The number of fused-ring (bicyclic) bond motifs is 1. The molecule has 0 aliphatic carbocycles. The average molecular weight is 338 g/mol. The van der Waals surface area contributed by atoms with Crippen molar-refractivity contribution in [1.82, 2.24) is 9.88 Å². The Hall–Kier alpha value is -2.95. The van der Waals surface area contributed by atoms with E-state index in [1.165, 1.54) is 24.4 Å². The summed E-state index contributed by atoms with van der Waals surface area (Å²) in [6.07, 6.45) is 1.46. The minimum absolute atomic E-state index is 0.126. The van der Waals surface area contributed by atoms with Gasteiger partial charge in [-0.05, 0) is 37.6 Å². The number of hydrogen-bond acceptors (Lipinski definition) is 2. The van der Waals surface area contributed by atoms with Crippen molar-refractivity contribution in [1.29, 1.82) is 0 Å². The van der Waals surface area contributed by atoms with Gasteiger partial charge in [0, 0.05) is 29.7 Å². The van der Waals surface area contributed by atoms with E-state index >= 15 is 0 Å². The van der Waals surface area contributed by atoms with E-state index in [0.717, 1.165) is 5.56 Å². The van der Waals surface area contributed by atoms with E-state index in [2.05, 4.69) is 4.98 Å². The summed E-state index contributed by atoms with van der Waals surface area (Å²) in [4.78, 5) is 29.9. The van der Waals surface area contributed by atoms with Crippen LogP contribution in [0.3, 0.4) is 0 Å². The lowest BCUT2D eigenvalue weighted by Gasteiger charge is -2.26. The number of carbonyl (C=O) groups excluding carboxylic acids is 2. The van der Waals surface area contributed by atoms with Crippen LogP contribution in [0.25, 0.3) is 10.9 Å². The van der Waals surface area contributed by atoms with Crippen molar-refractivity contribution in [2.75, 3.05) is 0 Å². The third-order valence-electron chi connectivity index (χ3n) is 4.16. The Morgan fingerprint density at radius 2 is 1.84 bits per heavy atom. The number of halogens is 1. The van der Waals surface area contributed by atoms with Crippen LogP contribution in [0.2, 0.25) is 0 Å². The molecule has 0 bridgehead atoms. The smallest absolute Gasteiger partial charge is 0.295 e. The molecule has 1 N–H and O–H groups in total. The third kappa shape index (κ3) is 3.45. The van der Waals surface area contributed by atoms with E-state index < -0.39 is 17.5 Å². The number of carbonyl (C=O) groups is 2. The Bertz CT molecular complexity index is 916. The second-order valence-corrected chi connectivity index (χ2v) is 6.23. The highest BCUT2D eigenvalue weighted by Crippen LogP contribution is 2.21. The number of nitrogens with one attached hydrogen (secondary N) is 1. The van der Waals surface area contributed by atoms with Gasteiger partial charge in [0.1, 0.15) is 5.82 Å². The number of Topliss-reactive ketones (excluding diaryl/α,β-unsaturated/α-hetero) is 1. The highest BCUT2D eigenvalue weighted by molar-refractivity contribution is 6.44. The van der Waals surface area contributed by atoms with E-state index in [-0.39, 0.29) is 11.6 Å². The fourth-order valence-corrected chi connectivity index (χ4v) is 2.80. The number of ketones is 1. The Kier molecular flexibility index (Phi) is 4.65. The summed E-state index contributed by atoms with van der Waals surface area (Å²) in [6.45, 7) is 4.11. The zero-order valence-corrected chi connectivity index (χ0v) is 14.1. The van der Waals surface area contributed by atoms with Crippen molar-refractivity contribution >= 4 is 22.6 Å². The van der Waals surface area contributed by atoms with Gasteiger partial charge in [-0.15, -0.1) is 0 Å². The van der Waals surface area contributed by atoms with E-state index in [4.69, 9.17) is 0 Å². The average Bonchev–Trinajstić information content (AvgIpc) is 3.02. The van der Waals surface area contributed by atoms with Gasteiger partial charge in [0.05, 0.1) is 5.56 Å². The lowest BCUT2D eigenvalue weighted by atomic mass is 10.1. The molecule has 128 valence electrons. The van der Waals surface area contributed by atoms with Gasteiger partial charge in [0.15, 0.2) is 0 Å². The summed E-state index contributed by atoms with van der Waals surface area (Å²) in [5.41, 5.74) is 1.72. The minimum atomic E-state index is -0.595. The summed E-state index contributed by atoms with van der Waals surface area (Å²) < 4.78 is 13.3. The van der Waals surface area contributed by atoms with Crippen LogP contribution in [0, 0.1) is 5.82 Å². The monoisotopic (exact) mass is 338 g/mol. The first-order valence-electron chi connectivity index (χ1n) is 8.13. The molecule has 1 amide bonds. The number of aromatic amines is 1. The molecule has 5 heteroatoms. The number of amides is 1. The van der Waals surface area contributed by atoms with Crippen molar-refractivity contribution in [3.05, 3.63) is 71.7 Å². The molecule has 0 atom stereocenters. The molecule has 3 aromatic rings. The van der Waals surface area contributed by atoms with Crippen LogP contribution in [0.15, 0.2) is 54.7 Å². The van der Waals surface area contributed by atoms with Crippen LogP contribution in [0.1, 0.15) is 29.8 Å². The van der Waals surface area contributed by atoms with Crippen LogP contribution in [-0.2, 0) is 11.3 Å². The highest BCUT2D eigenvalue weighted by atomic mass is 19.1. The maximum atomic E-state index is 13.3. The molecule has 0 saturated heterocycles. The first-order chi connectivity index (χ1) is 12.0. The normalized spacial score (nSPS) is 11.0. The fraction of sp³-hybridized carbons (Fsp3) is 0.200. The predicted molar refractivity (Wildman–Crippen MR) is 94.7 cm³/mol. The van der Waals surface area contributed by atoms with Crippen LogP contribution in [0.5, 0.6) is 0 Å². The predicted octanol–water partition coefficient (Wildman–Crippen LogP) is 3.93. The van der Waals surface area contributed by atoms with Crippen molar-refractivity contribution in [3.63, 3.8) is 0 Å². The number of benzene rings is 2. The topological polar surface area (TPSA) is 53.2 Å². The van der Waals surface area contributed by atoms with Crippen molar-refractivity contribution in [2.24, 2.45) is 0 Å². The fourth-order valence-electron chi connectivity index (χ4n) is 2.80. The van der Waals surface area contributed by atoms with Gasteiger partial charge in [-0.2, -0.15) is 0 Å². The molecule has 0 aliphatic heterocycles. The standard InChI is InChI=1S/C20H19FN2O2/c1-13(2)23(12-14-6-4-3-5-7-14)20(25)19(24)17-11-22-18-10-15(21)8-9-16(17)18/h3-11,13,22H,12H2,1-2H3. The Balaban J connectivity index is 1.89. The Morgan fingerprint density at radius 3 is 2.52 bits per heavy atom. The number of H-pyrrole nitrogens is 1. The second-order valence-electron chi connectivity index (χ2n) is 6.23. The minimum Gasteiger partial charge on any atom is -0.360 e. The molecule has 25 heavy (non-hydrogen) atoms. The maximum absolute atomic E-state index is 13.3. The maximum Gasteiger partial charge on any atom is 0.295 e. The van der Waals surface area contributed by atoms with Crippen LogP contribution in [-0.4, -0.2) is 27.6 Å². The molecule has 1 heterocycles. The molecule has 1 aromatic heterocycles. The Labute approximate surface area is 145 Å². The van der Waals surface area contributed by atoms with Gasteiger partial charge in [-0.1, -0.05) is 30.3 Å². The van der Waals surface area contributed by atoms with Gasteiger partial charge in [-0.25, -0.2) is 4.39 Å². The quantitative estimate of drug-likeness (QED) is 0.566. The van der Waals surface area contributed by atoms with E-state index in [9.17, 15) is 14.0 Å². The summed E-state index contributed by atoms with van der Waals surface area (Å²) in [6, 6.07) is 13.5. The van der Waals surface area contributed by atoms with Crippen LogP contribution >= 0.6 is 0 Å². The van der Waals surface area contributed by atoms with Gasteiger partial charge in [-0.3, -0.25) is 9.59 Å². The summed E-state index contributed by atoms with van der Waals surface area (Å²) in [7, 11) is 0. The van der Waals surface area contributed by atoms with Crippen molar-refractivity contribution in [3.8, 4) is 0 Å². The molecule has 0 saturated carbocycles. The number of aromatic nitrogens is 1. The summed E-state index contributed by atoms with van der Waals surface area (Å²) >= 11 is 0. The summed E-state index contributed by atoms with van der Waals surface area (Å²) in [5.74, 6) is -1.56. The molecule has 0 radical (unpaired) electrons. The SMILES string of the molecule is CC(C)N(Cc1ccccc1)C(=O)C(=O)c1c[nH]c2cc(F)ccc12. The number of hydrogen-bond donors (Lipinski definition) is 1. The van der Waals surface area contributed by atoms with Crippen LogP contribution in [0.4, 0.5) is 4.39 Å². The van der Waals surface area contributed by atoms with E-state index in [1.54, 1.807) is 4.90 Å². The molecule has 0 unspecified atom stereocenters. The molecule has 2 aromatic carbocycles. The molecule has 4 nitrogen and oxygen atoms in total. The first kappa shape index (κ1) is 16.9. The zero-order valence-electron chi connectivity index (χ0n) is 14.1. The van der Waals surface area contributed by atoms with Crippen molar-refractivity contribution < 1.29 is 14.0 Å². The van der Waals surface area contributed by atoms with Gasteiger partial charge in [0.2, 0.25) is 0 Å². The van der Waals surface area contributed by atoms with Gasteiger partial charge < -0.3 is 9.88 Å².